The van der Waals surface area contributed by atoms with Gasteiger partial charge in [-0.1, -0.05) is 12.1 Å². The molecule has 1 aliphatic heterocycles. The highest BCUT2D eigenvalue weighted by atomic mass is 35.5. The number of alkyl halides is 1. The molecular formula is C12H14ClFO2. The lowest BCUT2D eigenvalue weighted by Crippen LogP contribution is -2.31. The van der Waals surface area contributed by atoms with Crippen molar-refractivity contribution >= 4 is 11.6 Å². The summed E-state index contributed by atoms with van der Waals surface area (Å²) in [5.74, 6) is -0.214. The standard InChI is InChI=1S/C12H14ClFO2/c1-8-6-9(2-3-10(8)14)12(13)11-7-15-4-5-16-11/h2-3,6,11-12H,4-5,7H2,1H3. The number of halogens is 2. The van der Waals surface area contributed by atoms with Crippen molar-refractivity contribution in [2.45, 2.75) is 18.4 Å². The van der Waals surface area contributed by atoms with Crippen LogP contribution in [0.4, 0.5) is 4.39 Å². The molecule has 4 heteroatoms. The summed E-state index contributed by atoms with van der Waals surface area (Å²) in [4.78, 5) is 0. The number of ether oxygens (including phenoxy) is 2. The summed E-state index contributed by atoms with van der Waals surface area (Å²) in [5.41, 5.74) is 1.47. The minimum absolute atomic E-state index is 0.153. The molecule has 0 bridgehead atoms. The second-order valence-electron chi connectivity index (χ2n) is 3.89. The molecule has 0 spiro atoms. The first-order chi connectivity index (χ1) is 7.68. The van der Waals surface area contributed by atoms with Gasteiger partial charge in [-0.15, -0.1) is 11.6 Å². The van der Waals surface area contributed by atoms with E-state index in [1.54, 1.807) is 19.1 Å². The maximum Gasteiger partial charge on any atom is 0.126 e. The average molecular weight is 245 g/mol. The van der Waals surface area contributed by atoms with Crippen molar-refractivity contribution in [1.82, 2.24) is 0 Å². The quantitative estimate of drug-likeness (QED) is 0.745. The van der Waals surface area contributed by atoms with Crippen LogP contribution >= 0.6 is 11.6 Å². The van der Waals surface area contributed by atoms with Gasteiger partial charge in [0.1, 0.15) is 11.9 Å². The summed E-state index contributed by atoms with van der Waals surface area (Å²) >= 11 is 6.28. The molecule has 1 aliphatic rings. The first kappa shape index (κ1) is 11.8. The highest BCUT2D eigenvalue weighted by molar-refractivity contribution is 6.21. The minimum atomic E-state index is -0.292. The Morgan fingerprint density at radius 2 is 2.25 bits per heavy atom. The third-order valence-electron chi connectivity index (χ3n) is 2.67. The zero-order valence-corrected chi connectivity index (χ0v) is 9.84. The lowest BCUT2D eigenvalue weighted by Gasteiger charge is -2.27. The van der Waals surface area contributed by atoms with E-state index in [1.807, 2.05) is 0 Å². The number of rotatable bonds is 2. The number of hydrogen-bond donors (Lipinski definition) is 0. The van der Waals surface area contributed by atoms with Gasteiger partial charge in [0, 0.05) is 0 Å². The summed E-state index contributed by atoms with van der Waals surface area (Å²) in [5, 5.41) is -0.292. The third-order valence-corrected chi connectivity index (χ3v) is 3.20. The molecule has 0 aromatic heterocycles. The first-order valence-corrected chi connectivity index (χ1v) is 5.71. The molecule has 0 N–H and O–H groups in total. The maximum atomic E-state index is 13.1. The molecule has 0 radical (unpaired) electrons. The molecule has 0 saturated carbocycles. The molecule has 1 aromatic carbocycles. The van der Waals surface area contributed by atoms with E-state index in [0.29, 0.717) is 25.4 Å². The van der Waals surface area contributed by atoms with Crippen LogP contribution in [-0.4, -0.2) is 25.9 Å². The molecule has 16 heavy (non-hydrogen) atoms. The van der Waals surface area contributed by atoms with E-state index < -0.39 is 0 Å². The van der Waals surface area contributed by atoms with Crippen LogP contribution < -0.4 is 0 Å². The van der Waals surface area contributed by atoms with Crippen LogP contribution in [-0.2, 0) is 9.47 Å². The fraction of sp³-hybridized carbons (Fsp3) is 0.500. The molecule has 1 fully saturated rings. The predicted octanol–water partition coefficient (Wildman–Crippen LogP) is 2.83. The Bertz CT molecular complexity index is 364. The van der Waals surface area contributed by atoms with Gasteiger partial charge < -0.3 is 9.47 Å². The highest BCUT2D eigenvalue weighted by Gasteiger charge is 2.24. The Hall–Kier alpha value is -0.640. The van der Waals surface area contributed by atoms with Gasteiger partial charge in [0.05, 0.1) is 25.2 Å². The van der Waals surface area contributed by atoms with Crippen LogP contribution in [0.15, 0.2) is 18.2 Å². The molecule has 1 aromatic rings. The van der Waals surface area contributed by atoms with Crippen LogP contribution in [0, 0.1) is 12.7 Å². The largest absolute Gasteiger partial charge is 0.376 e. The molecule has 2 atom stereocenters. The van der Waals surface area contributed by atoms with E-state index in [0.717, 1.165) is 5.56 Å². The van der Waals surface area contributed by atoms with Crippen LogP contribution in [0.5, 0.6) is 0 Å². The average Bonchev–Trinajstić information content (AvgIpc) is 2.33. The highest BCUT2D eigenvalue weighted by Crippen LogP contribution is 2.29. The zero-order chi connectivity index (χ0) is 11.5. The molecule has 2 unspecified atom stereocenters. The Morgan fingerprint density at radius 3 is 2.88 bits per heavy atom. The van der Waals surface area contributed by atoms with Gasteiger partial charge in [-0.05, 0) is 24.1 Å². The Kier molecular flexibility index (Phi) is 3.79. The third kappa shape index (κ3) is 2.54. The summed E-state index contributed by atoms with van der Waals surface area (Å²) in [6.07, 6.45) is -0.153. The molecule has 2 nitrogen and oxygen atoms in total. The van der Waals surface area contributed by atoms with E-state index >= 15 is 0 Å². The number of benzene rings is 1. The molecular weight excluding hydrogens is 231 g/mol. The maximum absolute atomic E-state index is 13.1. The normalized spacial score (nSPS) is 23.1. The lowest BCUT2D eigenvalue weighted by atomic mass is 10.0. The first-order valence-electron chi connectivity index (χ1n) is 5.28. The zero-order valence-electron chi connectivity index (χ0n) is 9.08. The predicted molar refractivity (Wildman–Crippen MR) is 60.3 cm³/mol. The molecule has 0 amide bonds. The molecule has 1 heterocycles. The van der Waals surface area contributed by atoms with Gasteiger partial charge in [0.15, 0.2) is 0 Å². The van der Waals surface area contributed by atoms with Crippen LogP contribution in [0.3, 0.4) is 0 Å². The van der Waals surface area contributed by atoms with E-state index in [9.17, 15) is 4.39 Å². The van der Waals surface area contributed by atoms with Gasteiger partial charge >= 0.3 is 0 Å². The van der Waals surface area contributed by atoms with E-state index in [-0.39, 0.29) is 17.3 Å². The molecule has 88 valence electrons. The second kappa shape index (κ2) is 5.13. The molecule has 0 aliphatic carbocycles. The minimum Gasteiger partial charge on any atom is -0.376 e. The van der Waals surface area contributed by atoms with Crippen molar-refractivity contribution in [2.75, 3.05) is 19.8 Å². The van der Waals surface area contributed by atoms with Crippen molar-refractivity contribution < 1.29 is 13.9 Å². The molecule has 2 rings (SSSR count). The summed E-state index contributed by atoms with van der Waals surface area (Å²) in [7, 11) is 0. The monoisotopic (exact) mass is 244 g/mol. The number of aryl methyl sites for hydroxylation is 1. The Morgan fingerprint density at radius 1 is 1.44 bits per heavy atom. The van der Waals surface area contributed by atoms with Gasteiger partial charge in [-0.2, -0.15) is 0 Å². The van der Waals surface area contributed by atoms with Gasteiger partial charge in [-0.25, -0.2) is 4.39 Å². The summed E-state index contributed by atoms with van der Waals surface area (Å²) in [6.45, 7) is 3.39. The van der Waals surface area contributed by atoms with Crippen LogP contribution in [0.1, 0.15) is 16.5 Å². The van der Waals surface area contributed by atoms with Gasteiger partial charge in [-0.3, -0.25) is 0 Å². The SMILES string of the molecule is Cc1cc(C(Cl)C2COCCO2)ccc1F. The number of hydrogen-bond acceptors (Lipinski definition) is 2. The van der Waals surface area contributed by atoms with Crippen molar-refractivity contribution in [1.29, 1.82) is 0 Å². The van der Waals surface area contributed by atoms with E-state index in [4.69, 9.17) is 21.1 Å². The van der Waals surface area contributed by atoms with Crippen molar-refractivity contribution in [2.24, 2.45) is 0 Å². The van der Waals surface area contributed by atoms with E-state index in [2.05, 4.69) is 0 Å². The Balaban J connectivity index is 2.12. The second-order valence-corrected chi connectivity index (χ2v) is 4.36. The van der Waals surface area contributed by atoms with Gasteiger partial charge in [0.2, 0.25) is 0 Å². The summed E-state index contributed by atoms with van der Waals surface area (Å²) < 4.78 is 23.9. The smallest absolute Gasteiger partial charge is 0.126 e. The topological polar surface area (TPSA) is 18.5 Å². The van der Waals surface area contributed by atoms with Gasteiger partial charge in [0.25, 0.3) is 0 Å². The molecule has 1 saturated heterocycles. The van der Waals surface area contributed by atoms with Crippen LogP contribution in [0.25, 0.3) is 0 Å². The lowest BCUT2D eigenvalue weighted by molar-refractivity contribution is -0.0892. The summed E-state index contributed by atoms with van der Waals surface area (Å²) in [6, 6.07) is 4.88. The fourth-order valence-electron chi connectivity index (χ4n) is 1.73. The van der Waals surface area contributed by atoms with Crippen molar-refractivity contribution in [3.05, 3.63) is 35.1 Å². The van der Waals surface area contributed by atoms with E-state index in [1.165, 1.54) is 6.07 Å². The Labute approximate surface area is 99.3 Å². The van der Waals surface area contributed by atoms with Crippen molar-refractivity contribution in [3.63, 3.8) is 0 Å². The van der Waals surface area contributed by atoms with Crippen molar-refractivity contribution in [3.8, 4) is 0 Å². The fourth-order valence-corrected chi connectivity index (χ4v) is 2.01. The van der Waals surface area contributed by atoms with Crippen LogP contribution in [0.2, 0.25) is 0 Å².